The summed E-state index contributed by atoms with van der Waals surface area (Å²) in [6, 6.07) is 15.0. The topological polar surface area (TPSA) is 72.0 Å². The van der Waals surface area contributed by atoms with Crippen molar-refractivity contribution in [2.45, 2.75) is 20.0 Å². The van der Waals surface area contributed by atoms with Gasteiger partial charge in [0.05, 0.1) is 18.0 Å². The number of aromatic nitrogens is 3. The predicted molar refractivity (Wildman–Crippen MR) is 100 cm³/mol. The number of nitrogens with one attached hydrogen (secondary N) is 2. The zero-order valence-electron chi connectivity index (χ0n) is 13.9. The van der Waals surface area contributed by atoms with Gasteiger partial charge in [-0.25, -0.2) is 0 Å². The van der Waals surface area contributed by atoms with E-state index in [1.165, 1.54) is 0 Å². The minimum Gasteiger partial charge on any atom is -0.489 e. The van der Waals surface area contributed by atoms with Crippen LogP contribution in [0.5, 0.6) is 5.75 Å². The number of ether oxygens (including phenoxy) is 1. The second-order valence-electron chi connectivity index (χ2n) is 5.59. The molecule has 0 saturated carbocycles. The molecule has 2 aromatic carbocycles. The van der Waals surface area contributed by atoms with Gasteiger partial charge in [0.2, 0.25) is 5.95 Å². The number of nitrogens with zero attached hydrogens (tertiary/aromatic N) is 3. The van der Waals surface area contributed by atoms with Gasteiger partial charge in [0.15, 0.2) is 5.82 Å². The van der Waals surface area contributed by atoms with Crippen LogP contribution >= 0.6 is 11.6 Å². The second-order valence-corrected chi connectivity index (χ2v) is 6.02. The van der Waals surface area contributed by atoms with Gasteiger partial charge in [0, 0.05) is 10.7 Å². The highest BCUT2D eigenvalue weighted by atomic mass is 35.5. The maximum absolute atomic E-state index is 5.99. The van der Waals surface area contributed by atoms with Gasteiger partial charge in [0.25, 0.3) is 0 Å². The average Bonchev–Trinajstić information content (AvgIpc) is 2.57. The SMILES string of the molecule is CC(C)Oc1ccccc1Nc1nncc(Nc2cccc(Cl)c2)n1. The quantitative estimate of drug-likeness (QED) is 0.661. The summed E-state index contributed by atoms with van der Waals surface area (Å²) in [7, 11) is 0. The first-order valence-electron chi connectivity index (χ1n) is 7.85. The van der Waals surface area contributed by atoms with Crippen molar-refractivity contribution in [3.8, 4) is 5.75 Å². The molecule has 3 rings (SSSR count). The summed E-state index contributed by atoms with van der Waals surface area (Å²) in [5.74, 6) is 1.66. The van der Waals surface area contributed by atoms with Crippen molar-refractivity contribution < 1.29 is 4.74 Å². The molecule has 0 unspecified atom stereocenters. The molecule has 0 saturated heterocycles. The van der Waals surface area contributed by atoms with Crippen LogP contribution in [-0.4, -0.2) is 21.3 Å². The Kier molecular flexibility index (Phi) is 5.30. The fourth-order valence-corrected chi connectivity index (χ4v) is 2.37. The summed E-state index contributed by atoms with van der Waals surface area (Å²) >= 11 is 5.99. The zero-order valence-corrected chi connectivity index (χ0v) is 14.7. The summed E-state index contributed by atoms with van der Waals surface area (Å²) < 4.78 is 5.79. The molecule has 0 atom stereocenters. The first-order chi connectivity index (χ1) is 12.1. The Labute approximate surface area is 151 Å². The van der Waals surface area contributed by atoms with E-state index < -0.39 is 0 Å². The van der Waals surface area contributed by atoms with Crippen molar-refractivity contribution in [2.75, 3.05) is 10.6 Å². The fourth-order valence-electron chi connectivity index (χ4n) is 2.18. The summed E-state index contributed by atoms with van der Waals surface area (Å²) in [5, 5.41) is 14.9. The second kappa shape index (κ2) is 7.81. The van der Waals surface area contributed by atoms with Crippen LogP contribution in [0.25, 0.3) is 0 Å². The Morgan fingerprint density at radius 2 is 1.88 bits per heavy atom. The average molecular weight is 356 g/mol. The lowest BCUT2D eigenvalue weighted by Gasteiger charge is -2.14. The monoisotopic (exact) mass is 355 g/mol. The molecule has 0 radical (unpaired) electrons. The molecule has 2 N–H and O–H groups in total. The molecule has 0 bridgehead atoms. The molecule has 1 aromatic heterocycles. The van der Waals surface area contributed by atoms with Crippen molar-refractivity contribution in [2.24, 2.45) is 0 Å². The van der Waals surface area contributed by atoms with Crippen molar-refractivity contribution in [3.63, 3.8) is 0 Å². The standard InChI is InChI=1S/C18H18ClN5O/c1-12(2)25-16-9-4-3-8-15(16)22-18-23-17(11-20-24-18)21-14-7-5-6-13(19)10-14/h3-12H,1-2H3,(H2,21,22,23,24). The lowest BCUT2D eigenvalue weighted by molar-refractivity contribution is 0.244. The molecule has 0 fully saturated rings. The summed E-state index contributed by atoms with van der Waals surface area (Å²) in [5.41, 5.74) is 1.60. The number of hydrogen-bond acceptors (Lipinski definition) is 6. The number of rotatable bonds is 6. The van der Waals surface area contributed by atoms with Gasteiger partial charge < -0.3 is 15.4 Å². The van der Waals surface area contributed by atoms with Gasteiger partial charge >= 0.3 is 0 Å². The van der Waals surface area contributed by atoms with E-state index in [4.69, 9.17) is 16.3 Å². The minimum absolute atomic E-state index is 0.0674. The third-order valence-corrected chi connectivity index (χ3v) is 3.39. The number of hydrogen-bond donors (Lipinski definition) is 2. The zero-order chi connectivity index (χ0) is 17.6. The van der Waals surface area contributed by atoms with Crippen molar-refractivity contribution in [1.29, 1.82) is 0 Å². The maximum atomic E-state index is 5.99. The van der Waals surface area contributed by atoms with E-state index in [2.05, 4.69) is 25.8 Å². The van der Waals surface area contributed by atoms with E-state index in [0.29, 0.717) is 16.8 Å². The van der Waals surface area contributed by atoms with Crippen LogP contribution < -0.4 is 15.4 Å². The summed E-state index contributed by atoms with van der Waals surface area (Å²) in [4.78, 5) is 4.42. The van der Waals surface area contributed by atoms with Crippen LogP contribution in [0.1, 0.15) is 13.8 Å². The summed E-state index contributed by atoms with van der Waals surface area (Å²) in [6.45, 7) is 3.95. The number of halogens is 1. The maximum Gasteiger partial charge on any atom is 0.249 e. The number of anilines is 4. The van der Waals surface area contributed by atoms with Gasteiger partial charge in [-0.05, 0) is 44.2 Å². The van der Waals surface area contributed by atoms with Crippen LogP contribution in [-0.2, 0) is 0 Å². The molecule has 1 heterocycles. The summed E-state index contributed by atoms with van der Waals surface area (Å²) in [6.07, 6.45) is 1.61. The molecular formula is C18H18ClN5O. The van der Waals surface area contributed by atoms with Gasteiger partial charge in [0.1, 0.15) is 5.75 Å². The van der Waals surface area contributed by atoms with E-state index in [1.54, 1.807) is 6.20 Å². The lowest BCUT2D eigenvalue weighted by atomic mass is 10.3. The Morgan fingerprint density at radius 3 is 2.68 bits per heavy atom. The Morgan fingerprint density at radius 1 is 1.04 bits per heavy atom. The molecule has 0 aliphatic rings. The lowest BCUT2D eigenvalue weighted by Crippen LogP contribution is -2.08. The van der Waals surface area contributed by atoms with E-state index in [-0.39, 0.29) is 6.10 Å². The highest BCUT2D eigenvalue weighted by molar-refractivity contribution is 6.30. The number of benzene rings is 2. The molecule has 3 aromatic rings. The predicted octanol–water partition coefficient (Wildman–Crippen LogP) is 4.80. The molecule has 6 nitrogen and oxygen atoms in total. The van der Waals surface area contributed by atoms with Crippen molar-refractivity contribution in [1.82, 2.24) is 15.2 Å². The highest BCUT2D eigenvalue weighted by Crippen LogP contribution is 2.27. The molecule has 0 spiro atoms. The van der Waals surface area contributed by atoms with Gasteiger partial charge in [-0.1, -0.05) is 29.8 Å². The minimum atomic E-state index is 0.0674. The van der Waals surface area contributed by atoms with Crippen LogP contribution in [0, 0.1) is 0 Å². The van der Waals surface area contributed by atoms with Gasteiger partial charge in [-0.2, -0.15) is 10.1 Å². The first-order valence-corrected chi connectivity index (χ1v) is 8.23. The van der Waals surface area contributed by atoms with Gasteiger partial charge in [-0.15, -0.1) is 5.10 Å². The molecule has 25 heavy (non-hydrogen) atoms. The van der Waals surface area contributed by atoms with Crippen molar-refractivity contribution in [3.05, 3.63) is 59.8 Å². The Hall–Kier alpha value is -2.86. The number of para-hydroxylation sites is 2. The molecule has 0 aliphatic heterocycles. The van der Waals surface area contributed by atoms with Crippen LogP contribution in [0.15, 0.2) is 54.7 Å². The smallest absolute Gasteiger partial charge is 0.249 e. The highest BCUT2D eigenvalue weighted by Gasteiger charge is 2.08. The third-order valence-electron chi connectivity index (χ3n) is 3.15. The molecule has 128 valence electrons. The first kappa shape index (κ1) is 17.0. The molecule has 0 aliphatic carbocycles. The van der Waals surface area contributed by atoms with E-state index in [9.17, 15) is 0 Å². The van der Waals surface area contributed by atoms with Crippen LogP contribution in [0.4, 0.5) is 23.1 Å². The third kappa shape index (κ3) is 4.81. The van der Waals surface area contributed by atoms with E-state index in [1.807, 2.05) is 62.4 Å². The largest absolute Gasteiger partial charge is 0.489 e. The molecular weight excluding hydrogens is 338 g/mol. The Bertz CT molecular complexity index is 856. The fraction of sp³-hybridized carbons (Fsp3) is 0.167. The molecule has 7 heteroatoms. The Balaban J connectivity index is 1.78. The van der Waals surface area contributed by atoms with E-state index >= 15 is 0 Å². The van der Waals surface area contributed by atoms with Crippen LogP contribution in [0.2, 0.25) is 5.02 Å². The van der Waals surface area contributed by atoms with E-state index in [0.717, 1.165) is 17.1 Å². The van der Waals surface area contributed by atoms with Crippen LogP contribution in [0.3, 0.4) is 0 Å². The molecule has 0 amide bonds. The van der Waals surface area contributed by atoms with Crippen molar-refractivity contribution >= 4 is 34.7 Å². The normalized spacial score (nSPS) is 10.6. The van der Waals surface area contributed by atoms with Gasteiger partial charge in [-0.3, -0.25) is 0 Å².